The number of nitrogens with one attached hydrogen (secondary N) is 1. The fourth-order valence-electron chi connectivity index (χ4n) is 2.12. The third kappa shape index (κ3) is 6.04. The molecule has 0 aliphatic heterocycles. The summed E-state index contributed by atoms with van der Waals surface area (Å²) < 4.78 is 5.77. The fraction of sp³-hybridized carbons (Fsp3) is 0.647. The highest BCUT2D eigenvalue weighted by Crippen LogP contribution is 2.28. The molecule has 0 fully saturated rings. The van der Waals surface area contributed by atoms with Crippen LogP contribution in [0, 0.1) is 0 Å². The molecular weight excluding hydrogens is 266 g/mol. The molecule has 3 N–H and O–H groups in total. The quantitative estimate of drug-likeness (QED) is 0.620. The highest BCUT2D eigenvalue weighted by atomic mass is 16.5. The van der Waals surface area contributed by atoms with Gasteiger partial charge < -0.3 is 20.3 Å². The van der Waals surface area contributed by atoms with Gasteiger partial charge in [0.2, 0.25) is 0 Å². The van der Waals surface area contributed by atoms with Crippen LogP contribution >= 0.6 is 0 Å². The van der Waals surface area contributed by atoms with Crippen molar-refractivity contribution in [3.8, 4) is 5.75 Å². The van der Waals surface area contributed by atoms with Crippen LogP contribution in [-0.2, 0) is 0 Å². The second-order valence-electron chi connectivity index (χ2n) is 5.51. The number of hydrogen-bond acceptors (Lipinski definition) is 4. The van der Waals surface area contributed by atoms with Crippen LogP contribution < -0.4 is 10.1 Å². The average molecular weight is 295 g/mol. The van der Waals surface area contributed by atoms with Crippen LogP contribution in [0.15, 0.2) is 24.3 Å². The average Bonchev–Trinajstić information content (AvgIpc) is 2.53. The highest BCUT2D eigenvalue weighted by Gasteiger charge is 2.12. The van der Waals surface area contributed by atoms with Gasteiger partial charge in [-0.15, -0.1) is 0 Å². The Labute approximate surface area is 128 Å². The molecule has 0 bridgehead atoms. The largest absolute Gasteiger partial charge is 0.491 e. The lowest BCUT2D eigenvalue weighted by atomic mass is 9.98. The van der Waals surface area contributed by atoms with E-state index in [1.165, 1.54) is 5.56 Å². The third-order valence-electron chi connectivity index (χ3n) is 3.85. The minimum Gasteiger partial charge on any atom is -0.491 e. The van der Waals surface area contributed by atoms with Gasteiger partial charge in [0.15, 0.2) is 0 Å². The zero-order chi connectivity index (χ0) is 15.7. The van der Waals surface area contributed by atoms with Gasteiger partial charge in [-0.25, -0.2) is 0 Å². The Kier molecular flexibility index (Phi) is 8.35. The molecule has 0 spiro atoms. The number of aliphatic hydroxyl groups is 2. The molecule has 1 rings (SSSR count). The predicted octanol–water partition coefficient (Wildman–Crippen LogP) is 2.30. The van der Waals surface area contributed by atoms with E-state index in [0.29, 0.717) is 12.5 Å². The Balaban J connectivity index is 2.47. The maximum Gasteiger partial charge on any atom is 0.122 e. The monoisotopic (exact) mass is 295 g/mol. The molecule has 0 aliphatic carbocycles. The lowest BCUT2D eigenvalue weighted by Gasteiger charge is -2.20. The maximum absolute atomic E-state index is 9.97. The van der Waals surface area contributed by atoms with E-state index in [-0.39, 0.29) is 19.3 Å². The first-order valence-electron chi connectivity index (χ1n) is 7.86. The number of aliphatic hydroxyl groups excluding tert-OH is 2. The van der Waals surface area contributed by atoms with Crippen molar-refractivity contribution in [2.45, 2.75) is 51.7 Å². The van der Waals surface area contributed by atoms with Gasteiger partial charge in [-0.05, 0) is 30.4 Å². The van der Waals surface area contributed by atoms with Crippen molar-refractivity contribution < 1.29 is 14.9 Å². The third-order valence-corrected chi connectivity index (χ3v) is 3.85. The Bertz CT molecular complexity index is 393. The smallest absolute Gasteiger partial charge is 0.122 e. The van der Waals surface area contributed by atoms with E-state index in [4.69, 9.17) is 9.84 Å². The number of para-hydroxylation sites is 1. The summed E-state index contributed by atoms with van der Waals surface area (Å²) in [6, 6.07) is 8.02. The molecule has 4 nitrogen and oxygen atoms in total. The van der Waals surface area contributed by atoms with Gasteiger partial charge >= 0.3 is 0 Å². The Morgan fingerprint density at radius 1 is 1.19 bits per heavy atom. The van der Waals surface area contributed by atoms with Crippen LogP contribution in [-0.4, -0.2) is 42.1 Å². The summed E-state index contributed by atoms with van der Waals surface area (Å²) in [4.78, 5) is 0. The molecule has 0 unspecified atom stereocenters. The molecule has 0 amide bonds. The Morgan fingerprint density at radius 3 is 2.52 bits per heavy atom. The summed E-state index contributed by atoms with van der Waals surface area (Å²) in [6.07, 6.45) is 1.30. The first kappa shape index (κ1) is 18.0. The summed E-state index contributed by atoms with van der Waals surface area (Å²) in [6.45, 7) is 7.08. The molecule has 120 valence electrons. The number of ether oxygens (including phenoxy) is 1. The van der Waals surface area contributed by atoms with E-state index in [1.807, 2.05) is 25.1 Å². The minimum atomic E-state index is -0.587. The van der Waals surface area contributed by atoms with Crippen molar-refractivity contribution in [3.05, 3.63) is 29.8 Å². The first-order valence-corrected chi connectivity index (χ1v) is 7.86. The first-order chi connectivity index (χ1) is 10.1. The topological polar surface area (TPSA) is 61.7 Å². The molecule has 1 aromatic rings. The van der Waals surface area contributed by atoms with E-state index < -0.39 is 6.10 Å². The highest BCUT2D eigenvalue weighted by molar-refractivity contribution is 5.35. The van der Waals surface area contributed by atoms with E-state index >= 15 is 0 Å². The minimum absolute atomic E-state index is 0.0343. The van der Waals surface area contributed by atoms with Crippen molar-refractivity contribution in [1.82, 2.24) is 5.32 Å². The molecule has 3 atom stereocenters. The SMILES string of the molecule is CC[C@H](CO)NC[C@@H](O)COc1ccccc1[C@H](C)CC. The standard InChI is InChI=1S/C17H29NO3/c1-4-13(3)16-8-6-7-9-17(16)21-12-15(20)10-18-14(5-2)11-19/h6-9,13-15,18-20H,4-5,10-12H2,1-3H3/t13-,14-,15-/m1/s1. The van der Waals surface area contributed by atoms with E-state index in [0.717, 1.165) is 18.6 Å². The van der Waals surface area contributed by atoms with Gasteiger partial charge in [0.1, 0.15) is 18.5 Å². The van der Waals surface area contributed by atoms with E-state index in [2.05, 4.69) is 25.2 Å². The molecule has 0 aliphatic rings. The normalized spacial score (nSPS) is 15.5. The van der Waals surface area contributed by atoms with Crippen molar-refractivity contribution >= 4 is 0 Å². The Morgan fingerprint density at radius 2 is 1.90 bits per heavy atom. The van der Waals surface area contributed by atoms with Crippen molar-refractivity contribution in [3.63, 3.8) is 0 Å². The molecule has 1 aromatic carbocycles. The summed E-state index contributed by atoms with van der Waals surface area (Å²) in [5.74, 6) is 1.29. The molecule has 0 saturated carbocycles. The second kappa shape index (κ2) is 9.77. The number of benzene rings is 1. The summed E-state index contributed by atoms with van der Waals surface area (Å²) >= 11 is 0. The van der Waals surface area contributed by atoms with Crippen LogP contribution in [0.5, 0.6) is 5.75 Å². The molecule has 4 heteroatoms. The van der Waals surface area contributed by atoms with Gasteiger partial charge in [0, 0.05) is 12.6 Å². The summed E-state index contributed by atoms with van der Waals surface area (Å²) in [7, 11) is 0. The van der Waals surface area contributed by atoms with Crippen molar-refractivity contribution in [2.24, 2.45) is 0 Å². The van der Waals surface area contributed by atoms with Crippen LogP contribution in [0.4, 0.5) is 0 Å². The van der Waals surface area contributed by atoms with Gasteiger partial charge in [-0.1, -0.05) is 39.0 Å². The van der Waals surface area contributed by atoms with Crippen LogP contribution in [0.25, 0.3) is 0 Å². The van der Waals surface area contributed by atoms with Gasteiger partial charge in [-0.3, -0.25) is 0 Å². The van der Waals surface area contributed by atoms with Crippen LogP contribution in [0.1, 0.15) is 45.1 Å². The van der Waals surface area contributed by atoms with Gasteiger partial charge in [0.05, 0.1) is 6.61 Å². The Hall–Kier alpha value is -1.10. The molecule has 0 radical (unpaired) electrons. The van der Waals surface area contributed by atoms with Gasteiger partial charge in [0.25, 0.3) is 0 Å². The zero-order valence-electron chi connectivity index (χ0n) is 13.4. The lowest BCUT2D eigenvalue weighted by Crippen LogP contribution is -2.39. The van der Waals surface area contributed by atoms with E-state index in [9.17, 15) is 5.11 Å². The van der Waals surface area contributed by atoms with Gasteiger partial charge in [-0.2, -0.15) is 0 Å². The van der Waals surface area contributed by atoms with Crippen LogP contribution in [0.2, 0.25) is 0 Å². The molecular formula is C17H29NO3. The zero-order valence-corrected chi connectivity index (χ0v) is 13.4. The second-order valence-corrected chi connectivity index (χ2v) is 5.51. The lowest BCUT2D eigenvalue weighted by molar-refractivity contribution is 0.0988. The predicted molar refractivity (Wildman–Crippen MR) is 85.8 cm³/mol. The molecule has 21 heavy (non-hydrogen) atoms. The van der Waals surface area contributed by atoms with Crippen LogP contribution in [0.3, 0.4) is 0 Å². The number of hydrogen-bond donors (Lipinski definition) is 3. The number of rotatable bonds is 10. The fourth-order valence-corrected chi connectivity index (χ4v) is 2.12. The van der Waals surface area contributed by atoms with Crippen molar-refractivity contribution in [1.29, 1.82) is 0 Å². The van der Waals surface area contributed by atoms with Crippen molar-refractivity contribution in [2.75, 3.05) is 19.8 Å². The maximum atomic E-state index is 9.97. The molecule has 0 aromatic heterocycles. The molecule has 0 saturated heterocycles. The summed E-state index contributed by atoms with van der Waals surface area (Å²) in [5, 5.41) is 22.2. The van der Waals surface area contributed by atoms with E-state index in [1.54, 1.807) is 0 Å². The molecule has 0 heterocycles. The summed E-state index contributed by atoms with van der Waals surface area (Å²) in [5.41, 5.74) is 1.18.